The third-order valence-electron chi connectivity index (χ3n) is 4.21. The molecule has 3 heteroatoms. The van der Waals surface area contributed by atoms with Crippen molar-refractivity contribution < 1.29 is 7.58 Å². The van der Waals surface area contributed by atoms with E-state index in [-0.39, 0.29) is 5.60 Å². The maximum Gasteiger partial charge on any atom is 0.675 e. The summed E-state index contributed by atoms with van der Waals surface area (Å²) in [4.78, 5) is 0. The summed E-state index contributed by atoms with van der Waals surface area (Å²) < 4.78 is 13.2. The maximum atomic E-state index is 6.90. The van der Waals surface area contributed by atoms with E-state index in [1.54, 1.807) is 0 Å². The average molecular weight is 343 g/mol. The molecule has 0 heterocycles. The molecule has 0 saturated carbocycles. The summed E-state index contributed by atoms with van der Waals surface area (Å²) in [6.45, 7) is 23.8. The summed E-state index contributed by atoms with van der Waals surface area (Å²) in [5, 5.41) is 1.11. The molecular formula is C20H43AlO2. The molecular weight excluding hydrogens is 299 g/mol. The largest absolute Gasteiger partial charge is 0.675 e. The van der Waals surface area contributed by atoms with Crippen LogP contribution in [0.1, 0.15) is 82.1 Å². The summed E-state index contributed by atoms with van der Waals surface area (Å²) in [6.07, 6.45) is 2.27. The van der Waals surface area contributed by atoms with Crippen LogP contribution in [0, 0.1) is 29.6 Å². The van der Waals surface area contributed by atoms with Gasteiger partial charge in [0, 0.05) is 12.2 Å². The molecule has 0 bridgehead atoms. The Kier molecular flexibility index (Phi) is 11.4. The van der Waals surface area contributed by atoms with Crippen molar-refractivity contribution in [2.24, 2.45) is 29.6 Å². The maximum absolute atomic E-state index is 6.90. The van der Waals surface area contributed by atoms with Crippen LogP contribution < -0.4 is 0 Å². The summed E-state index contributed by atoms with van der Waals surface area (Å²) >= 11 is -1.65. The van der Waals surface area contributed by atoms with Gasteiger partial charge in [-0.2, -0.15) is 0 Å². The fraction of sp³-hybridized carbons (Fsp3) is 1.00. The van der Waals surface area contributed by atoms with Crippen LogP contribution in [-0.2, 0) is 7.58 Å². The Hall–Kier alpha value is 0.452. The van der Waals surface area contributed by atoms with E-state index in [1.807, 2.05) is 0 Å². The quantitative estimate of drug-likeness (QED) is 0.387. The Bertz CT molecular complexity index is 288. The van der Waals surface area contributed by atoms with E-state index < -0.39 is 14.8 Å². The van der Waals surface area contributed by atoms with E-state index in [9.17, 15) is 0 Å². The number of hydrogen-bond acceptors (Lipinski definition) is 2. The second-order valence-electron chi connectivity index (χ2n) is 9.32. The highest BCUT2D eigenvalue weighted by molar-refractivity contribution is 6.44. The van der Waals surface area contributed by atoms with Crippen molar-refractivity contribution in [3.63, 3.8) is 0 Å². The SMILES string of the molecule is CC(C)C[O][Al]([CH2]C(C)C)[O]C(CC(C)C)(CC(C)C)C(C)C. The minimum Gasteiger partial charge on any atom is -0.478 e. The molecule has 0 spiro atoms. The van der Waals surface area contributed by atoms with Crippen molar-refractivity contribution >= 4 is 14.8 Å². The fourth-order valence-corrected chi connectivity index (χ4v) is 5.92. The van der Waals surface area contributed by atoms with Crippen LogP contribution in [0.4, 0.5) is 0 Å². The summed E-state index contributed by atoms with van der Waals surface area (Å²) in [5.41, 5.74) is -0.0227. The van der Waals surface area contributed by atoms with Gasteiger partial charge in [-0.05, 0) is 41.8 Å². The van der Waals surface area contributed by atoms with Gasteiger partial charge in [0.1, 0.15) is 0 Å². The highest BCUT2D eigenvalue weighted by Crippen LogP contribution is 2.37. The lowest BCUT2D eigenvalue weighted by atomic mass is 9.77. The molecule has 0 aromatic carbocycles. The van der Waals surface area contributed by atoms with Crippen molar-refractivity contribution in [1.82, 2.24) is 0 Å². The van der Waals surface area contributed by atoms with Gasteiger partial charge >= 0.3 is 14.8 Å². The summed E-state index contributed by atoms with van der Waals surface area (Å²) in [7, 11) is 0. The van der Waals surface area contributed by atoms with Crippen molar-refractivity contribution in [1.29, 1.82) is 0 Å². The van der Waals surface area contributed by atoms with Gasteiger partial charge in [0.15, 0.2) is 0 Å². The van der Waals surface area contributed by atoms with Crippen LogP contribution in [-0.4, -0.2) is 27.0 Å². The Labute approximate surface area is 151 Å². The minimum absolute atomic E-state index is 0.0227. The molecule has 0 aromatic heterocycles. The van der Waals surface area contributed by atoms with Crippen LogP contribution in [0.2, 0.25) is 5.28 Å². The highest BCUT2D eigenvalue weighted by Gasteiger charge is 2.42. The van der Waals surface area contributed by atoms with Crippen molar-refractivity contribution in [3.8, 4) is 0 Å². The fourth-order valence-electron chi connectivity index (χ4n) is 3.27. The molecule has 0 saturated heterocycles. The van der Waals surface area contributed by atoms with Crippen LogP contribution in [0.25, 0.3) is 0 Å². The van der Waals surface area contributed by atoms with Gasteiger partial charge in [0.2, 0.25) is 0 Å². The molecule has 0 aliphatic carbocycles. The minimum atomic E-state index is -1.65. The van der Waals surface area contributed by atoms with Crippen molar-refractivity contribution in [2.75, 3.05) is 6.61 Å². The molecule has 2 nitrogen and oxygen atoms in total. The third-order valence-corrected chi connectivity index (χ3v) is 6.83. The average Bonchev–Trinajstić information content (AvgIpc) is 2.33. The zero-order valence-corrected chi connectivity index (χ0v) is 18.8. The first kappa shape index (κ1) is 23.5. The van der Waals surface area contributed by atoms with Crippen LogP contribution in [0.3, 0.4) is 0 Å². The predicted molar refractivity (Wildman–Crippen MR) is 104 cm³/mol. The van der Waals surface area contributed by atoms with Gasteiger partial charge in [-0.3, -0.25) is 0 Å². The Morgan fingerprint density at radius 2 is 1.17 bits per heavy atom. The van der Waals surface area contributed by atoms with Gasteiger partial charge in [0.05, 0.1) is 0 Å². The van der Waals surface area contributed by atoms with Gasteiger partial charge in [0.25, 0.3) is 0 Å². The first-order valence-corrected chi connectivity index (χ1v) is 11.5. The van der Waals surface area contributed by atoms with Gasteiger partial charge in [-0.25, -0.2) is 0 Å². The summed E-state index contributed by atoms with van der Waals surface area (Å²) in [6, 6.07) is 0. The molecule has 0 aliphatic rings. The van der Waals surface area contributed by atoms with Crippen LogP contribution in [0.15, 0.2) is 0 Å². The molecule has 0 amide bonds. The molecule has 0 N–H and O–H groups in total. The lowest BCUT2D eigenvalue weighted by Gasteiger charge is -2.43. The zero-order valence-electron chi connectivity index (χ0n) is 17.6. The first-order valence-electron chi connectivity index (χ1n) is 9.77. The third kappa shape index (κ3) is 10.1. The number of rotatable bonds is 12. The zero-order chi connectivity index (χ0) is 18.2. The monoisotopic (exact) mass is 342 g/mol. The molecule has 0 radical (unpaired) electrons. The Morgan fingerprint density at radius 3 is 1.48 bits per heavy atom. The second-order valence-corrected chi connectivity index (χ2v) is 11.2. The predicted octanol–water partition coefficient (Wildman–Crippen LogP) is 6.31. The van der Waals surface area contributed by atoms with Crippen molar-refractivity contribution in [3.05, 3.63) is 0 Å². The van der Waals surface area contributed by atoms with E-state index in [2.05, 4.69) is 69.2 Å². The molecule has 0 rings (SSSR count). The Morgan fingerprint density at radius 1 is 0.696 bits per heavy atom. The van der Waals surface area contributed by atoms with Gasteiger partial charge in [-0.15, -0.1) is 0 Å². The smallest absolute Gasteiger partial charge is 0.478 e. The lowest BCUT2D eigenvalue weighted by molar-refractivity contribution is -0.0396. The van der Waals surface area contributed by atoms with Crippen LogP contribution >= 0.6 is 0 Å². The van der Waals surface area contributed by atoms with Gasteiger partial charge in [-0.1, -0.05) is 75.2 Å². The van der Waals surface area contributed by atoms with Gasteiger partial charge < -0.3 is 7.58 Å². The van der Waals surface area contributed by atoms with E-state index in [4.69, 9.17) is 7.58 Å². The van der Waals surface area contributed by atoms with E-state index in [0.29, 0.717) is 29.6 Å². The normalized spacial score (nSPS) is 13.2. The van der Waals surface area contributed by atoms with E-state index in [1.165, 1.54) is 0 Å². The second kappa shape index (κ2) is 11.1. The topological polar surface area (TPSA) is 18.5 Å². The molecule has 0 fully saturated rings. The molecule has 0 atom stereocenters. The number of hydrogen-bond donors (Lipinski definition) is 0. The molecule has 0 unspecified atom stereocenters. The van der Waals surface area contributed by atoms with Crippen LogP contribution in [0.5, 0.6) is 0 Å². The standard InChI is InChI=1S/C12H25O.C4H9O.C4H9.Al/c1-9(2)7-12(13,11(5)6)8-10(3)4;1-4(2)3-5;1-4(2)3;/h9-11H,7-8H2,1-6H3;4H,3H2,1-2H3;4H,1H2,2-3H3;/q2*-1;;+2. The first-order chi connectivity index (χ1) is 10.5. The highest BCUT2D eigenvalue weighted by atomic mass is 27.2. The Balaban J connectivity index is 5.28. The molecule has 23 heavy (non-hydrogen) atoms. The lowest BCUT2D eigenvalue weighted by Crippen LogP contribution is -2.47. The molecule has 138 valence electrons. The van der Waals surface area contributed by atoms with Crippen molar-refractivity contribution in [2.45, 2.75) is 93.0 Å². The van der Waals surface area contributed by atoms with E-state index in [0.717, 1.165) is 24.7 Å². The van der Waals surface area contributed by atoms with E-state index >= 15 is 0 Å². The molecule has 0 aromatic rings. The molecule has 0 aliphatic heterocycles. The summed E-state index contributed by atoms with van der Waals surface area (Å²) in [5.74, 6) is 3.04.